The Hall–Kier alpha value is -4.90. The molecule has 1 unspecified atom stereocenters. The highest BCUT2D eigenvalue weighted by molar-refractivity contribution is 5.91. The van der Waals surface area contributed by atoms with Gasteiger partial charge in [0.2, 0.25) is 6.79 Å². The number of ether oxygens (including phenoxy) is 4. The maximum absolute atomic E-state index is 13.8. The quantitative estimate of drug-likeness (QED) is 0.277. The van der Waals surface area contributed by atoms with Crippen LogP contribution in [-0.4, -0.2) is 51.5 Å². The van der Waals surface area contributed by atoms with Gasteiger partial charge in [0.15, 0.2) is 17.1 Å². The zero-order valence-corrected chi connectivity index (χ0v) is 24.4. The van der Waals surface area contributed by atoms with Crippen LogP contribution in [0.3, 0.4) is 0 Å². The Morgan fingerprint density at radius 3 is 2.59 bits per heavy atom. The van der Waals surface area contributed by atoms with E-state index in [-0.39, 0.29) is 49.7 Å². The number of aliphatic hydroxyl groups is 1. The largest absolute Gasteiger partial charge is 0.458 e. The second-order valence-corrected chi connectivity index (χ2v) is 11.1. The molecule has 226 valence electrons. The second-order valence-electron chi connectivity index (χ2n) is 11.1. The monoisotopic (exact) mass is 597 g/mol. The van der Waals surface area contributed by atoms with Gasteiger partial charge in [-0.25, -0.2) is 14.6 Å². The number of esters is 1. The molecule has 0 saturated carbocycles. The van der Waals surface area contributed by atoms with E-state index in [4.69, 9.17) is 23.9 Å². The first-order valence-corrected chi connectivity index (χ1v) is 14.7. The lowest BCUT2D eigenvalue weighted by atomic mass is 9.86. The highest BCUT2D eigenvalue weighted by Gasteiger charge is 2.45. The molecule has 11 heteroatoms. The molecule has 0 saturated heterocycles. The van der Waals surface area contributed by atoms with Crippen molar-refractivity contribution in [2.45, 2.75) is 52.0 Å². The van der Waals surface area contributed by atoms with E-state index in [2.05, 4.69) is 0 Å². The molecule has 11 nitrogen and oxygen atoms in total. The van der Waals surface area contributed by atoms with Crippen LogP contribution in [0.1, 0.15) is 48.1 Å². The molecule has 0 spiro atoms. The van der Waals surface area contributed by atoms with Crippen molar-refractivity contribution in [1.29, 1.82) is 0 Å². The molecule has 3 aliphatic rings. The topological polar surface area (TPSA) is 129 Å². The minimum atomic E-state index is -1.92. The van der Waals surface area contributed by atoms with Crippen molar-refractivity contribution in [3.8, 4) is 22.9 Å². The number of carbonyl (C=O) groups excluding carboxylic acids is 2. The number of likely N-dealkylation sites (N-methyl/N-ethyl adjacent to an activating group) is 1. The van der Waals surface area contributed by atoms with Gasteiger partial charge in [0, 0.05) is 35.7 Å². The molecule has 2 aromatic carbocycles. The van der Waals surface area contributed by atoms with Crippen molar-refractivity contribution in [3.05, 3.63) is 86.7 Å². The lowest BCUT2D eigenvalue weighted by molar-refractivity contribution is -0.172. The van der Waals surface area contributed by atoms with Crippen molar-refractivity contribution in [2.75, 3.05) is 19.9 Å². The first-order chi connectivity index (χ1) is 21.3. The van der Waals surface area contributed by atoms with Gasteiger partial charge >= 0.3 is 12.1 Å². The first-order valence-electron chi connectivity index (χ1n) is 14.7. The Balaban J connectivity index is 1.29. The summed E-state index contributed by atoms with van der Waals surface area (Å²) in [6.45, 7) is 4.70. The molecule has 1 amide bonds. The Labute approximate surface area is 252 Å². The molecule has 4 aromatic rings. The number of hydrogen-bond acceptors (Lipinski definition) is 9. The van der Waals surface area contributed by atoms with Crippen molar-refractivity contribution in [2.24, 2.45) is 0 Å². The lowest BCUT2D eigenvalue weighted by Gasteiger charge is -2.31. The molecule has 0 aliphatic carbocycles. The summed E-state index contributed by atoms with van der Waals surface area (Å²) in [6, 6.07) is 14.9. The van der Waals surface area contributed by atoms with Gasteiger partial charge in [-0.2, -0.15) is 0 Å². The number of fused-ring (bicyclic) bond motifs is 6. The van der Waals surface area contributed by atoms with Crippen LogP contribution < -0.4 is 15.0 Å². The number of nitrogens with zero attached hydrogens (tertiary/aromatic N) is 3. The Morgan fingerprint density at radius 2 is 1.84 bits per heavy atom. The van der Waals surface area contributed by atoms with Crippen LogP contribution in [0.25, 0.3) is 22.3 Å². The number of hydrogen-bond donors (Lipinski definition) is 1. The maximum Gasteiger partial charge on any atom is 0.410 e. The first kappa shape index (κ1) is 27.9. The highest BCUT2D eigenvalue weighted by atomic mass is 16.7. The third kappa shape index (κ3) is 4.38. The van der Waals surface area contributed by atoms with Gasteiger partial charge in [0.05, 0.1) is 29.0 Å². The highest BCUT2D eigenvalue weighted by Crippen LogP contribution is 2.43. The molecule has 1 atom stereocenters. The van der Waals surface area contributed by atoms with Crippen molar-refractivity contribution >= 4 is 23.0 Å². The zero-order chi connectivity index (χ0) is 30.6. The Morgan fingerprint density at radius 1 is 1.07 bits per heavy atom. The fourth-order valence-electron chi connectivity index (χ4n) is 6.27. The molecule has 2 aromatic heterocycles. The van der Waals surface area contributed by atoms with E-state index in [1.54, 1.807) is 22.5 Å². The average Bonchev–Trinajstić information content (AvgIpc) is 3.66. The molecule has 0 bridgehead atoms. The third-order valence-electron chi connectivity index (χ3n) is 8.78. The van der Waals surface area contributed by atoms with Crippen molar-refractivity contribution in [3.63, 3.8) is 0 Å². The maximum atomic E-state index is 13.8. The Bertz CT molecular complexity index is 1890. The number of cyclic esters (lactones) is 1. The van der Waals surface area contributed by atoms with E-state index in [1.807, 2.05) is 49.4 Å². The summed E-state index contributed by atoms with van der Waals surface area (Å²) < 4.78 is 23.7. The SMILES string of the molecule is CCN(CCc1c2c(nc3cc4c(cc13)OCO4)-c1cc3c(c(=O)n1C2)COC(=O)C3(O)CC)C(=O)OCc1ccccc1. The number of rotatable bonds is 7. The predicted molar refractivity (Wildman–Crippen MR) is 158 cm³/mol. The minimum absolute atomic E-state index is 0.0572. The van der Waals surface area contributed by atoms with E-state index in [9.17, 15) is 19.5 Å². The van der Waals surface area contributed by atoms with Crippen LogP contribution in [0.2, 0.25) is 0 Å². The minimum Gasteiger partial charge on any atom is -0.458 e. The summed E-state index contributed by atoms with van der Waals surface area (Å²) in [4.78, 5) is 46.0. The van der Waals surface area contributed by atoms with Crippen molar-refractivity contribution < 1.29 is 33.6 Å². The van der Waals surface area contributed by atoms with Gasteiger partial charge < -0.3 is 33.5 Å². The molecule has 0 fully saturated rings. The smallest absolute Gasteiger partial charge is 0.410 e. The third-order valence-corrected chi connectivity index (χ3v) is 8.78. The van der Waals surface area contributed by atoms with E-state index >= 15 is 0 Å². The molecule has 5 heterocycles. The summed E-state index contributed by atoms with van der Waals surface area (Å²) in [5, 5.41) is 12.1. The molecule has 0 radical (unpaired) electrons. The number of amides is 1. The fraction of sp³-hybridized carbons (Fsp3) is 0.333. The summed E-state index contributed by atoms with van der Waals surface area (Å²) >= 11 is 0. The van der Waals surface area contributed by atoms with Gasteiger partial charge in [-0.3, -0.25) is 4.79 Å². The predicted octanol–water partition coefficient (Wildman–Crippen LogP) is 4.01. The molecule has 3 aliphatic heterocycles. The number of carbonyl (C=O) groups is 2. The van der Waals surface area contributed by atoms with E-state index in [0.717, 1.165) is 22.1 Å². The summed E-state index contributed by atoms with van der Waals surface area (Å²) in [5.41, 5.74) is 2.65. The average molecular weight is 598 g/mol. The van der Waals surface area contributed by atoms with Crippen LogP contribution in [0, 0.1) is 0 Å². The van der Waals surface area contributed by atoms with Crippen LogP contribution >= 0.6 is 0 Å². The molecular formula is C33H31N3O8. The van der Waals surface area contributed by atoms with Gasteiger partial charge in [0.1, 0.15) is 13.2 Å². The van der Waals surface area contributed by atoms with Gasteiger partial charge in [-0.05, 0) is 43.0 Å². The van der Waals surface area contributed by atoms with Gasteiger partial charge in [0.25, 0.3) is 5.56 Å². The lowest BCUT2D eigenvalue weighted by Crippen LogP contribution is -2.44. The van der Waals surface area contributed by atoms with Gasteiger partial charge in [-0.1, -0.05) is 37.3 Å². The van der Waals surface area contributed by atoms with Crippen LogP contribution in [0.5, 0.6) is 11.5 Å². The van der Waals surface area contributed by atoms with E-state index in [0.29, 0.717) is 47.9 Å². The normalized spacial score (nSPS) is 17.6. The van der Waals surface area contributed by atoms with Crippen LogP contribution in [-0.2, 0) is 46.0 Å². The summed E-state index contributed by atoms with van der Waals surface area (Å²) in [5.74, 6) is 0.398. The van der Waals surface area contributed by atoms with Crippen molar-refractivity contribution in [1.82, 2.24) is 14.5 Å². The van der Waals surface area contributed by atoms with Crippen LogP contribution in [0.4, 0.5) is 4.79 Å². The second kappa shape index (κ2) is 10.7. The van der Waals surface area contributed by atoms with E-state index < -0.39 is 17.7 Å². The zero-order valence-electron chi connectivity index (χ0n) is 24.4. The number of aromatic nitrogens is 2. The fourth-order valence-corrected chi connectivity index (χ4v) is 6.27. The number of pyridine rings is 2. The summed E-state index contributed by atoms with van der Waals surface area (Å²) in [7, 11) is 0. The molecule has 44 heavy (non-hydrogen) atoms. The summed E-state index contributed by atoms with van der Waals surface area (Å²) in [6.07, 6.45) is 0.0968. The molecule has 1 N–H and O–H groups in total. The van der Waals surface area contributed by atoms with E-state index in [1.165, 1.54) is 0 Å². The molecular weight excluding hydrogens is 566 g/mol. The van der Waals surface area contributed by atoms with Gasteiger partial charge in [-0.15, -0.1) is 0 Å². The standard InChI is InChI=1S/C33H31N3O8/c1-3-33(40)24-13-26-29-22(15-36(26)30(37)23(24)17-41-31(33)38)20(21-12-27-28(44-18-43-27)14-25(21)34-29)10-11-35(4-2)32(39)42-16-19-8-6-5-7-9-19/h5-9,12-14,40H,3-4,10-11,15-18H2,1-2H3. The van der Waals surface area contributed by atoms with Crippen LogP contribution in [0.15, 0.2) is 53.3 Å². The number of benzene rings is 2. The Kier molecular flexibility index (Phi) is 6.77. The molecule has 7 rings (SSSR count).